The Balaban J connectivity index is 2.26. The van der Waals surface area contributed by atoms with E-state index in [1.54, 1.807) is 11.3 Å². The van der Waals surface area contributed by atoms with Crippen molar-refractivity contribution in [2.45, 2.75) is 0 Å². The third-order valence-corrected chi connectivity index (χ3v) is 4.30. The van der Waals surface area contributed by atoms with Gasteiger partial charge < -0.3 is 0 Å². The molecule has 0 bridgehead atoms. The lowest BCUT2D eigenvalue weighted by Gasteiger charge is -1.98. The van der Waals surface area contributed by atoms with Crippen LogP contribution < -0.4 is 0 Å². The third-order valence-electron chi connectivity index (χ3n) is 2.41. The summed E-state index contributed by atoms with van der Waals surface area (Å²) in [5.74, 6) is 0. The lowest BCUT2D eigenvalue weighted by atomic mass is 10.2. The predicted molar refractivity (Wildman–Crippen MR) is 72.9 cm³/mol. The van der Waals surface area contributed by atoms with E-state index < -0.39 is 0 Å². The maximum atomic E-state index is 6.16. The lowest BCUT2D eigenvalue weighted by Crippen LogP contribution is -1.76. The molecule has 0 saturated heterocycles. The van der Waals surface area contributed by atoms with Crippen LogP contribution in [-0.4, -0.2) is 9.97 Å². The molecular formula is C12H6Cl2N2S. The van der Waals surface area contributed by atoms with Crippen molar-refractivity contribution in [2.24, 2.45) is 0 Å². The second-order valence-electron chi connectivity index (χ2n) is 3.47. The molecule has 2 aromatic heterocycles. The molecule has 17 heavy (non-hydrogen) atoms. The Morgan fingerprint density at radius 1 is 1.06 bits per heavy atom. The first-order valence-corrected chi connectivity index (χ1v) is 6.48. The molecule has 2 heterocycles. The van der Waals surface area contributed by atoms with Crippen molar-refractivity contribution in [3.63, 3.8) is 0 Å². The number of nitrogens with zero attached hydrogens (tertiary/aromatic N) is 2. The molecule has 0 N–H and O–H groups in total. The van der Waals surface area contributed by atoms with Gasteiger partial charge >= 0.3 is 0 Å². The molecule has 3 aromatic rings. The Morgan fingerprint density at radius 2 is 1.88 bits per heavy atom. The zero-order valence-corrected chi connectivity index (χ0v) is 10.9. The van der Waals surface area contributed by atoms with Crippen molar-refractivity contribution in [1.82, 2.24) is 9.97 Å². The van der Waals surface area contributed by atoms with Crippen LogP contribution in [0.5, 0.6) is 0 Å². The summed E-state index contributed by atoms with van der Waals surface area (Å²) in [6, 6.07) is 9.70. The molecule has 3 rings (SSSR count). The summed E-state index contributed by atoms with van der Waals surface area (Å²) in [5.41, 5.74) is 1.85. The molecule has 0 aliphatic rings. The van der Waals surface area contributed by atoms with Crippen LogP contribution in [0.3, 0.4) is 0 Å². The number of aromatic nitrogens is 2. The molecule has 84 valence electrons. The minimum Gasteiger partial charge on any atom is -0.235 e. The van der Waals surface area contributed by atoms with Crippen molar-refractivity contribution in [3.8, 4) is 10.4 Å². The largest absolute Gasteiger partial charge is 0.235 e. The van der Waals surface area contributed by atoms with Gasteiger partial charge in [0.15, 0.2) is 0 Å². The van der Waals surface area contributed by atoms with E-state index in [1.807, 2.05) is 30.3 Å². The maximum absolute atomic E-state index is 6.16. The standard InChI is InChI=1S/C12H6Cl2N2S/c13-8-4-2-1-3-7(8)10-5-9-11(17-10)12(14)16-6-15-9/h1-6H. The Hall–Kier alpha value is -1.16. The summed E-state index contributed by atoms with van der Waals surface area (Å²) in [6.45, 7) is 0. The zero-order valence-electron chi connectivity index (χ0n) is 8.52. The van der Waals surface area contributed by atoms with Gasteiger partial charge in [-0.25, -0.2) is 9.97 Å². The van der Waals surface area contributed by atoms with Crippen LogP contribution in [0.2, 0.25) is 10.2 Å². The number of thiophene rings is 1. The number of fused-ring (bicyclic) bond motifs is 1. The molecule has 0 radical (unpaired) electrons. The summed E-state index contributed by atoms with van der Waals surface area (Å²) in [7, 11) is 0. The SMILES string of the molecule is Clc1ccccc1-c1cc2ncnc(Cl)c2s1. The number of halogens is 2. The van der Waals surface area contributed by atoms with Gasteiger partial charge in [0.2, 0.25) is 0 Å². The van der Waals surface area contributed by atoms with Gasteiger partial charge in [-0.3, -0.25) is 0 Å². The summed E-state index contributed by atoms with van der Waals surface area (Å²) >= 11 is 13.7. The first-order chi connectivity index (χ1) is 8.25. The molecule has 5 heteroatoms. The Bertz CT molecular complexity index is 694. The molecular weight excluding hydrogens is 275 g/mol. The lowest BCUT2D eigenvalue weighted by molar-refractivity contribution is 1.23. The molecule has 0 aliphatic heterocycles. The highest BCUT2D eigenvalue weighted by atomic mass is 35.5. The fourth-order valence-electron chi connectivity index (χ4n) is 1.62. The Morgan fingerprint density at radius 3 is 2.65 bits per heavy atom. The molecule has 0 aliphatic carbocycles. The smallest absolute Gasteiger partial charge is 0.150 e. The van der Waals surface area contributed by atoms with Crippen LogP contribution in [0.25, 0.3) is 20.7 Å². The highest BCUT2D eigenvalue weighted by Crippen LogP contribution is 2.37. The van der Waals surface area contributed by atoms with Gasteiger partial charge in [0.1, 0.15) is 11.5 Å². The molecule has 0 amide bonds. The number of rotatable bonds is 1. The first kappa shape index (κ1) is 11.0. The molecule has 0 fully saturated rings. The van der Waals surface area contributed by atoms with E-state index in [9.17, 15) is 0 Å². The highest BCUT2D eigenvalue weighted by Gasteiger charge is 2.10. The van der Waals surface area contributed by atoms with E-state index >= 15 is 0 Å². The van der Waals surface area contributed by atoms with Gasteiger partial charge in [0, 0.05) is 15.5 Å². The summed E-state index contributed by atoms with van der Waals surface area (Å²) in [4.78, 5) is 9.21. The fraction of sp³-hybridized carbons (Fsp3) is 0. The van der Waals surface area contributed by atoms with Crippen molar-refractivity contribution in [3.05, 3.63) is 46.8 Å². The van der Waals surface area contributed by atoms with Gasteiger partial charge in [0.05, 0.1) is 10.2 Å². The molecule has 0 atom stereocenters. The van der Waals surface area contributed by atoms with E-state index in [1.165, 1.54) is 6.33 Å². The van der Waals surface area contributed by atoms with Gasteiger partial charge in [-0.1, -0.05) is 41.4 Å². The van der Waals surface area contributed by atoms with E-state index in [2.05, 4.69) is 9.97 Å². The molecule has 2 nitrogen and oxygen atoms in total. The molecule has 1 aromatic carbocycles. The second-order valence-corrected chi connectivity index (χ2v) is 5.29. The number of benzene rings is 1. The van der Waals surface area contributed by atoms with Gasteiger partial charge in [0.25, 0.3) is 0 Å². The highest BCUT2D eigenvalue weighted by molar-refractivity contribution is 7.22. The van der Waals surface area contributed by atoms with Gasteiger partial charge in [-0.05, 0) is 12.1 Å². The van der Waals surface area contributed by atoms with Crippen LogP contribution in [0, 0.1) is 0 Å². The molecule has 0 saturated carbocycles. The van der Waals surface area contributed by atoms with E-state index in [4.69, 9.17) is 23.2 Å². The summed E-state index contributed by atoms with van der Waals surface area (Å²) < 4.78 is 0.893. The zero-order chi connectivity index (χ0) is 11.8. The van der Waals surface area contributed by atoms with Crippen LogP contribution in [-0.2, 0) is 0 Å². The monoisotopic (exact) mass is 280 g/mol. The summed E-state index contributed by atoms with van der Waals surface area (Å²) in [5, 5.41) is 1.21. The van der Waals surface area contributed by atoms with Crippen molar-refractivity contribution < 1.29 is 0 Å². The van der Waals surface area contributed by atoms with Crippen molar-refractivity contribution >= 4 is 44.8 Å². The Kier molecular flexibility index (Phi) is 2.74. The van der Waals surface area contributed by atoms with Crippen molar-refractivity contribution in [2.75, 3.05) is 0 Å². The van der Waals surface area contributed by atoms with Crippen molar-refractivity contribution in [1.29, 1.82) is 0 Å². The quantitative estimate of drug-likeness (QED) is 0.606. The van der Waals surface area contributed by atoms with E-state index in [-0.39, 0.29) is 0 Å². The first-order valence-electron chi connectivity index (χ1n) is 4.90. The normalized spacial score (nSPS) is 10.9. The van der Waals surface area contributed by atoms with Gasteiger partial charge in [-0.15, -0.1) is 11.3 Å². The molecule has 0 unspecified atom stereocenters. The minimum absolute atomic E-state index is 0.485. The van der Waals surface area contributed by atoms with Crippen LogP contribution in [0.15, 0.2) is 36.7 Å². The van der Waals surface area contributed by atoms with Crippen LogP contribution in [0.1, 0.15) is 0 Å². The number of hydrogen-bond acceptors (Lipinski definition) is 3. The van der Waals surface area contributed by atoms with E-state index in [0.29, 0.717) is 5.15 Å². The third kappa shape index (κ3) is 1.90. The minimum atomic E-state index is 0.485. The van der Waals surface area contributed by atoms with Crippen LogP contribution >= 0.6 is 34.5 Å². The second kappa shape index (κ2) is 4.26. The van der Waals surface area contributed by atoms with Crippen LogP contribution in [0.4, 0.5) is 0 Å². The average molecular weight is 281 g/mol. The predicted octanol–water partition coefficient (Wildman–Crippen LogP) is 4.67. The molecule has 0 spiro atoms. The topological polar surface area (TPSA) is 25.8 Å². The van der Waals surface area contributed by atoms with E-state index in [0.717, 1.165) is 25.7 Å². The number of hydrogen-bond donors (Lipinski definition) is 0. The fourth-order valence-corrected chi connectivity index (χ4v) is 3.20. The Labute approximate surface area is 112 Å². The maximum Gasteiger partial charge on any atom is 0.150 e. The summed E-state index contributed by atoms with van der Waals surface area (Å²) in [6.07, 6.45) is 1.47. The average Bonchev–Trinajstić information content (AvgIpc) is 2.75. The van der Waals surface area contributed by atoms with Gasteiger partial charge in [-0.2, -0.15) is 0 Å².